The fourth-order valence-corrected chi connectivity index (χ4v) is 4.18. The van der Waals surface area contributed by atoms with Gasteiger partial charge < -0.3 is 10.4 Å². The lowest BCUT2D eigenvalue weighted by atomic mass is 9.77. The smallest absolute Gasteiger partial charge is 0.322 e. The first-order valence-electron chi connectivity index (χ1n) is 10.6. The molecule has 1 aromatic rings. The molecule has 2 rings (SSSR count). The molecule has 2 atom stereocenters. The van der Waals surface area contributed by atoms with Crippen LogP contribution in [0.3, 0.4) is 0 Å². The average molecular weight is 435 g/mol. The monoisotopic (exact) mass is 434 g/mol. The summed E-state index contributed by atoms with van der Waals surface area (Å²) in [5.74, 6) is -0.782. The van der Waals surface area contributed by atoms with Gasteiger partial charge in [-0.25, -0.2) is 4.79 Å². The Morgan fingerprint density at radius 3 is 2.40 bits per heavy atom. The first-order valence-corrected chi connectivity index (χ1v) is 11.0. The van der Waals surface area contributed by atoms with Crippen molar-refractivity contribution < 1.29 is 14.7 Å². The van der Waals surface area contributed by atoms with Crippen LogP contribution < -0.4 is 5.32 Å². The lowest BCUT2D eigenvalue weighted by Crippen LogP contribution is -2.56. The maximum absolute atomic E-state index is 12.9. The minimum absolute atomic E-state index is 0.111. The van der Waals surface area contributed by atoms with Crippen molar-refractivity contribution in [2.75, 3.05) is 0 Å². The highest BCUT2D eigenvalue weighted by Crippen LogP contribution is 2.39. The number of nitrogens with zero attached hydrogens (tertiary/aromatic N) is 1. The van der Waals surface area contributed by atoms with E-state index in [0.29, 0.717) is 5.02 Å². The molecule has 0 bridgehead atoms. The number of nitrogens with one attached hydrogen (secondary N) is 1. The number of hydrogen-bond acceptors (Lipinski definition) is 2. The van der Waals surface area contributed by atoms with Crippen LogP contribution in [0.2, 0.25) is 5.02 Å². The van der Waals surface area contributed by atoms with Gasteiger partial charge in [0.05, 0.1) is 12.0 Å². The maximum Gasteiger partial charge on any atom is 0.322 e. The molecule has 1 aliphatic heterocycles. The number of carboxylic acids is 1. The van der Waals surface area contributed by atoms with Crippen molar-refractivity contribution in [1.82, 2.24) is 10.2 Å². The Balaban J connectivity index is 2.40. The second kappa shape index (κ2) is 9.01. The number of amides is 2. The standard InChI is InChI=1S/C24H35ClN2O3/c1-15(2)19-14-27(16(3)12-21(28)29)22(30)26-24(19,7)18-9-8-17(20(25)13-18)10-11-23(4,5)6/h8-9,13-16H,10-12H2,1-7H3,(H,26,30)(H,28,29)/t16-,24-/m0/s1. The van der Waals surface area contributed by atoms with Gasteiger partial charge >= 0.3 is 12.0 Å². The summed E-state index contributed by atoms with van der Waals surface area (Å²) >= 11 is 6.63. The molecule has 0 radical (unpaired) electrons. The van der Waals surface area contributed by atoms with Gasteiger partial charge in [-0.3, -0.25) is 9.69 Å². The van der Waals surface area contributed by atoms with E-state index in [1.807, 2.05) is 25.3 Å². The number of carboxylic acid groups (broad SMARTS) is 1. The molecule has 0 aromatic heterocycles. The van der Waals surface area contributed by atoms with E-state index in [2.05, 4.69) is 46.0 Å². The summed E-state index contributed by atoms with van der Waals surface area (Å²) in [4.78, 5) is 25.5. The molecule has 2 N–H and O–H groups in total. The molecule has 0 aliphatic carbocycles. The zero-order valence-electron chi connectivity index (χ0n) is 19.2. The third-order valence-corrected chi connectivity index (χ3v) is 6.14. The van der Waals surface area contributed by atoms with E-state index in [1.54, 1.807) is 6.92 Å². The number of hydrogen-bond donors (Lipinski definition) is 2. The fraction of sp³-hybridized carbons (Fsp3) is 0.583. The lowest BCUT2D eigenvalue weighted by molar-refractivity contribution is -0.137. The SMILES string of the molecule is CC(C)C1=CN([C@@H](C)CC(=O)O)C(=O)N[C@@]1(C)c1ccc(CCC(C)(C)C)c(Cl)c1. The van der Waals surface area contributed by atoms with Crippen LogP contribution >= 0.6 is 11.6 Å². The van der Waals surface area contributed by atoms with E-state index in [1.165, 1.54) is 4.90 Å². The summed E-state index contributed by atoms with van der Waals surface area (Å²) in [5, 5.41) is 12.9. The first-order chi connectivity index (χ1) is 13.7. The number of aryl methyl sites for hydroxylation is 1. The van der Waals surface area contributed by atoms with Crippen LogP contribution in [0.25, 0.3) is 0 Å². The zero-order chi connectivity index (χ0) is 22.9. The molecule has 30 heavy (non-hydrogen) atoms. The van der Waals surface area contributed by atoms with Gasteiger partial charge in [-0.1, -0.05) is 58.4 Å². The molecule has 2 amide bonds. The third-order valence-electron chi connectivity index (χ3n) is 5.79. The van der Waals surface area contributed by atoms with Gasteiger partial charge in [-0.2, -0.15) is 0 Å². The van der Waals surface area contributed by atoms with E-state index in [0.717, 1.165) is 29.5 Å². The molecule has 0 fully saturated rings. The van der Waals surface area contributed by atoms with Gasteiger partial charge in [0.2, 0.25) is 0 Å². The Morgan fingerprint density at radius 2 is 1.90 bits per heavy atom. The minimum Gasteiger partial charge on any atom is -0.481 e. The molecular formula is C24H35ClN2O3. The Kier molecular flexibility index (Phi) is 7.28. The van der Waals surface area contributed by atoms with E-state index < -0.39 is 17.6 Å². The Labute approximate surface area is 185 Å². The summed E-state index contributed by atoms with van der Waals surface area (Å²) in [6, 6.07) is 5.30. The number of carbonyl (C=O) groups excluding carboxylic acids is 1. The molecule has 6 heteroatoms. The van der Waals surface area contributed by atoms with Crippen molar-refractivity contribution in [3.63, 3.8) is 0 Å². The van der Waals surface area contributed by atoms with Crippen molar-refractivity contribution >= 4 is 23.6 Å². The van der Waals surface area contributed by atoms with Gasteiger partial charge in [-0.05, 0) is 60.8 Å². The topological polar surface area (TPSA) is 69.6 Å². The van der Waals surface area contributed by atoms with Crippen LogP contribution in [0, 0.1) is 11.3 Å². The van der Waals surface area contributed by atoms with Crippen LogP contribution in [0.15, 0.2) is 30.0 Å². The lowest BCUT2D eigenvalue weighted by Gasteiger charge is -2.43. The van der Waals surface area contributed by atoms with Crippen LogP contribution in [0.5, 0.6) is 0 Å². The summed E-state index contributed by atoms with van der Waals surface area (Å²) < 4.78 is 0. The number of rotatable bonds is 7. The summed E-state index contributed by atoms with van der Waals surface area (Å²) in [6.07, 6.45) is 3.64. The normalized spacial score (nSPS) is 20.8. The molecule has 0 unspecified atom stereocenters. The Hall–Kier alpha value is -2.01. The van der Waals surface area contributed by atoms with Crippen LogP contribution in [0.4, 0.5) is 4.79 Å². The zero-order valence-corrected chi connectivity index (χ0v) is 19.9. The van der Waals surface area contributed by atoms with E-state index >= 15 is 0 Å². The molecular weight excluding hydrogens is 400 g/mol. The second-order valence-electron chi connectivity index (χ2n) is 10.0. The third kappa shape index (κ3) is 5.57. The van der Waals surface area contributed by atoms with Gasteiger partial charge in [0, 0.05) is 17.3 Å². The molecule has 166 valence electrons. The van der Waals surface area contributed by atoms with Crippen molar-refractivity contribution in [1.29, 1.82) is 0 Å². The molecule has 1 aliphatic rings. The number of carbonyl (C=O) groups is 2. The predicted octanol–water partition coefficient (Wildman–Crippen LogP) is 5.96. The number of urea groups is 1. The van der Waals surface area contributed by atoms with Gasteiger partial charge in [-0.15, -0.1) is 0 Å². The molecule has 5 nitrogen and oxygen atoms in total. The van der Waals surface area contributed by atoms with Crippen molar-refractivity contribution in [2.45, 2.75) is 79.3 Å². The molecule has 0 spiro atoms. The molecule has 0 saturated carbocycles. The summed E-state index contributed by atoms with van der Waals surface area (Å²) in [7, 11) is 0. The van der Waals surface area contributed by atoms with Crippen LogP contribution in [-0.2, 0) is 16.8 Å². The Morgan fingerprint density at radius 1 is 1.27 bits per heavy atom. The second-order valence-corrected chi connectivity index (χ2v) is 10.4. The minimum atomic E-state index is -0.930. The maximum atomic E-state index is 12.9. The van der Waals surface area contributed by atoms with Crippen molar-refractivity contribution in [3.8, 4) is 0 Å². The number of benzene rings is 1. The largest absolute Gasteiger partial charge is 0.481 e. The van der Waals surface area contributed by atoms with E-state index in [-0.39, 0.29) is 23.8 Å². The highest BCUT2D eigenvalue weighted by atomic mass is 35.5. The van der Waals surface area contributed by atoms with Crippen molar-refractivity contribution in [3.05, 3.63) is 46.1 Å². The van der Waals surface area contributed by atoms with E-state index in [9.17, 15) is 9.59 Å². The van der Waals surface area contributed by atoms with E-state index in [4.69, 9.17) is 16.7 Å². The first kappa shape index (κ1) is 24.3. The molecule has 1 heterocycles. The van der Waals surface area contributed by atoms with Gasteiger partial charge in [0.1, 0.15) is 0 Å². The number of halogens is 1. The van der Waals surface area contributed by atoms with Crippen LogP contribution in [0.1, 0.15) is 72.4 Å². The number of aliphatic carboxylic acids is 1. The van der Waals surface area contributed by atoms with Gasteiger partial charge in [0.25, 0.3) is 0 Å². The Bertz CT molecular complexity index is 841. The molecule has 1 aromatic carbocycles. The highest BCUT2D eigenvalue weighted by Gasteiger charge is 2.41. The van der Waals surface area contributed by atoms with Crippen LogP contribution in [-0.4, -0.2) is 28.0 Å². The van der Waals surface area contributed by atoms with Gasteiger partial charge in [0.15, 0.2) is 0 Å². The summed E-state index contributed by atoms with van der Waals surface area (Å²) in [5.41, 5.74) is 2.56. The molecule has 0 saturated heterocycles. The summed E-state index contributed by atoms with van der Waals surface area (Å²) in [6.45, 7) is 14.5. The predicted molar refractivity (Wildman–Crippen MR) is 122 cm³/mol. The van der Waals surface area contributed by atoms with Crippen molar-refractivity contribution in [2.24, 2.45) is 11.3 Å². The average Bonchev–Trinajstić information content (AvgIpc) is 2.58. The quantitative estimate of drug-likeness (QED) is 0.556. The fourth-order valence-electron chi connectivity index (χ4n) is 3.90. The highest BCUT2D eigenvalue weighted by molar-refractivity contribution is 6.31.